The Morgan fingerprint density at radius 2 is 1.38 bits per heavy atom. The molecule has 1 saturated heterocycles. The van der Waals surface area contributed by atoms with Crippen LogP contribution in [0.1, 0.15) is 36.2 Å². The standard InChI is InChI=1S/C23H31NO9S/c1-28-18-10-14(11-19(29-2)22(18)31-4)16-6-7-17(33-16)15-12-20(30-3)23(32-9-8-24-25)21(13-15)34(5,26)27/h10-13,16-17,24-25H,6-9H2,1-5H3. The summed E-state index contributed by atoms with van der Waals surface area (Å²) in [6.45, 7) is 0.175. The van der Waals surface area contributed by atoms with E-state index in [0.717, 1.165) is 11.8 Å². The molecule has 0 bridgehead atoms. The molecule has 10 nitrogen and oxygen atoms in total. The first-order valence-electron chi connectivity index (χ1n) is 10.6. The fourth-order valence-electron chi connectivity index (χ4n) is 3.97. The smallest absolute Gasteiger partial charge is 0.203 e. The molecule has 2 unspecified atom stereocenters. The second-order valence-electron chi connectivity index (χ2n) is 7.73. The van der Waals surface area contributed by atoms with Crippen LogP contribution < -0.4 is 29.2 Å². The molecule has 1 aliphatic rings. The summed E-state index contributed by atoms with van der Waals surface area (Å²) in [5.41, 5.74) is 3.50. The Balaban J connectivity index is 1.94. The molecule has 0 aliphatic carbocycles. The molecule has 2 N–H and O–H groups in total. The zero-order chi connectivity index (χ0) is 24.9. The normalized spacial score (nSPS) is 17.9. The van der Waals surface area contributed by atoms with Crippen LogP contribution in [0.25, 0.3) is 0 Å². The lowest BCUT2D eigenvalue weighted by atomic mass is 10.0. The van der Waals surface area contributed by atoms with Crippen molar-refractivity contribution in [2.45, 2.75) is 29.9 Å². The minimum atomic E-state index is -3.64. The lowest BCUT2D eigenvalue weighted by Gasteiger charge is -2.20. The van der Waals surface area contributed by atoms with E-state index in [4.69, 9.17) is 33.6 Å². The number of nitrogens with one attached hydrogen (secondary N) is 1. The molecule has 188 valence electrons. The first-order chi connectivity index (χ1) is 16.3. The maximum absolute atomic E-state index is 12.5. The summed E-state index contributed by atoms with van der Waals surface area (Å²) in [6, 6.07) is 6.98. The van der Waals surface area contributed by atoms with E-state index in [-0.39, 0.29) is 41.8 Å². The van der Waals surface area contributed by atoms with Crippen molar-refractivity contribution in [1.82, 2.24) is 5.48 Å². The molecule has 0 spiro atoms. The number of methoxy groups -OCH3 is 4. The van der Waals surface area contributed by atoms with Crippen molar-refractivity contribution in [3.8, 4) is 28.7 Å². The number of ether oxygens (including phenoxy) is 6. The summed E-state index contributed by atoms with van der Waals surface area (Å²) in [4.78, 5) is -0.000347. The predicted octanol–water partition coefficient (Wildman–Crippen LogP) is 3.07. The van der Waals surface area contributed by atoms with E-state index in [2.05, 4.69) is 0 Å². The Morgan fingerprint density at radius 3 is 1.82 bits per heavy atom. The first-order valence-corrected chi connectivity index (χ1v) is 12.5. The third-order valence-corrected chi connectivity index (χ3v) is 6.68. The summed E-state index contributed by atoms with van der Waals surface area (Å²) in [7, 11) is 2.46. The molecule has 0 amide bonds. The van der Waals surface area contributed by atoms with Crippen LogP contribution in [0.4, 0.5) is 0 Å². The highest BCUT2D eigenvalue weighted by Crippen LogP contribution is 2.47. The number of benzene rings is 2. The van der Waals surface area contributed by atoms with E-state index in [1.807, 2.05) is 17.6 Å². The fraction of sp³-hybridized carbons (Fsp3) is 0.478. The predicted molar refractivity (Wildman–Crippen MR) is 123 cm³/mol. The summed E-state index contributed by atoms with van der Waals surface area (Å²) in [5.74, 6) is 1.93. The van der Waals surface area contributed by atoms with E-state index in [9.17, 15) is 8.42 Å². The molecule has 0 aromatic heterocycles. The van der Waals surface area contributed by atoms with Crippen LogP contribution in [-0.4, -0.2) is 61.5 Å². The van der Waals surface area contributed by atoms with E-state index < -0.39 is 9.84 Å². The fourth-order valence-corrected chi connectivity index (χ4v) is 4.81. The van der Waals surface area contributed by atoms with Gasteiger partial charge in [-0.15, -0.1) is 0 Å². The van der Waals surface area contributed by atoms with Gasteiger partial charge in [0.2, 0.25) is 5.75 Å². The molecule has 1 fully saturated rings. The third kappa shape index (κ3) is 5.49. The Labute approximate surface area is 199 Å². The largest absolute Gasteiger partial charge is 0.493 e. The number of hydroxylamine groups is 1. The number of sulfone groups is 1. The molecule has 1 heterocycles. The Kier molecular flexibility index (Phi) is 8.47. The quantitative estimate of drug-likeness (QED) is 0.354. The second kappa shape index (κ2) is 11.1. The van der Waals surface area contributed by atoms with Gasteiger partial charge in [0.05, 0.1) is 47.2 Å². The molecular formula is C23H31NO9S. The van der Waals surface area contributed by atoms with Crippen molar-refractivity contribution in [2.75, 3.05) is 47.8 Å². The zero-order valence-electron chi connectivity index (χ0n) is 19.9. The van der Waals surface area contributed by atoms with E-state index in [1.54, 1.807) is 33.5 Å². The van der Waals surface area contributed by atoms with Gasteiger partial charge >= 0.3 is 0 Å². The van der Waals surface area contributed by atoms with Crippen LogP contribution in [0.5, 0.6) is 28.7 Å². The van der Waals surface area contributed by atoms with Crippen LogP contribution in [0.15, 0.2) is 29.2 Å². The molecule has 11 heteroatoms. The van der Waals surface area contributed by atoms with Gasteiger partial charge in [-0.3, -0.25) is 0 Å². The summed E-state index contributed by atoms with van der Waals surface area (Å²) in [5, 5.41) is 8.78. The average Bonchev–Trinajstić information content (AvgIpc) is 3.32. The van der Waals surface area contributed by atoms with Crippen molar-refractivity contribution in [1.29, 1.82) is 0 Å². The van der Waals surface area contributed by atoms with Crippen LogP contribution in [0, 0.1) is 0 Å². The van der Waals surface area contributed by atoms with Crippen molar-refractivity contribution in [3.63, 3.8) is 0 Å². The van der Waals surface area contributed by atoms with Crippen molar-refractivity contribution in [3.05, 3.63) is 35.4 Å². The minimum absolute atomic E-state index is 0.000347. The van der Waals surface area contributed by atoms with E-state index in [1.165, 1.54) is 7.11 Å². The zero-order valence-corrected chi connectivity index (χ0v) is 20.7. The monoisotopic (exact) mass is 497 g/mol. The topological polar surface area (TPSA) is 122 Å². The Morgan fingerprint density at radius 1 is 0.882 bits per heavy atom. The molecule has 2 aromatic carbocycles. The molecule has 34 heavy (non-hydrogen) atoms. The second-order valence-corrected chi connectivity index (χ2v) is 9.71. The van der Waals surface area contributed by atoms with E-state index in [0.29, 0.717) is 35.7 Å². The highest BCUT2D eigenvalue weighted by Gasteiger charge is 2.32. The van der Waals surface area contributed by atoms with Gasteiger partial charge in [-0.25, -0.2) is 13.9 Å². The van der Waals surface area contributed by atoms with Gasteiger partial charge < -0.3 is 33.6 Å². The molecule has 0 saturated carbocycles. The van der Waals surface area contributed by atoms with Gasteiger partial charge in [-0.1, -0.05) is 0 Å². The van der Waals surface area contributed by atoms with Gasteiger partial charge in [0.15, 0.2) is 32.8 Å². The van der Waals surface area contributed by atoms with Crippen LogP contribution in [0.3, 0.4) is 0 Å². The van der Waals surface area contributed by atoms with Crippen LogP contribution in [-0.2, 0) is 14.6 Å². The summed E-state index contributed by atoms with van der Waals surface area (Å²) in [6.07, 6.45) is 1.88. The molecular weight excluding hydrogens is 466 g/mol. The van der Waals surface area contributed by atoms with Crippen LogP contribution in [0.2, 0.25) is 0 Å². The van der Waals surface area contributed by atoms with Gasteiger partial charge in [-0.2, -0.15) is 0 Å². The first kappa shape index (κ1) is 25.9. The third-order valence-electron chi connectivity index (χ3n) is 5.57. The maximum Gasteiger partial charge on any atom is 0.203 e. The lowest BCUT2D eigenvalue weighted by molar-refractivity contribution is 0.0435. The van der Waals surface area contributed by atoms with Gasteiger partial charge in [-0.05, 0) is 48.2 Å². The van der Waals surface area contributed by atoms with Gasteiger partial charge in [0.1, 0.15) is 11.5 Å². The minimum Gasteiger partial charge on any atom is -0.493 e. The number of rotatable bonds is 11. The van der Waals surface area contributed by atoms with Crippen molar-refractivity contribution in [2.24, 2.45) is 0 Å². The number of hydrogen-bond donors (Lipinski definition) is 2. The van der Waals surface area contributed by atoms with Crippen LogP contribution >= 0.6 is 0 Å². The average molecular weight is 498 g/mol. The van der Waals surface area contributed by atoms with E-state index >= 15 is 0 Å². The molecule has 2 aromatic rings. The van der Waals surface area contributed by atoms with Crippen molar-refractivity contribution >= 4 is 9.84 Å². The maximum atomic E-state index is 12.5. The number of hydrogen-bond acceptors (Lipinski definition) is 10. The summed E-state index contributed by atoms with van der Waals surface area (Å²) >= 11 is 0. The Bertz CT molecular complexity index is 1080. The molecule has 0 radical (unpaired) electrons. The molecule has 2 atom stereocenters. The Hall–Kier alpha value is -2.73. The highest BCUT2D eigenvalue weighted by molar-refractivity contribution is 7.90. The highest BCUT2D eigenvalue weighted by atomic mass is 32.2. The summed E-state index contributed by atoms with van der Waals surface area (Å²) < 4.78 is 58.7. The van der Waals surface area contributed by atoms with Crippen molar-refractivity contribution < 1.29 is 42.0 Å². The lowest BCUT2D eigenvalue weighted by Crippen LogP contribution is -2.18. The van der Waals surface area contributed by atoms with Gasteiger partial charge in [0, 0.05) is 6.26 Å². The molecule has 3 rings (SSSR count). The van der Waals surface area contributed by atoms with Gasteiger partial charge in [0.25, 0.3) is 0 Å². The SMILES string of the molecule is COc1cc(C2CCC(c3cc(OC)c(OCCNO)c(S(C)(=O)=O)c3)O2)cc(OC)c1OC. The molecule has 1 aliphatic heterocycles.